The molecule has 2 rings (SSSR count). The molecule has 1 aliphatic rings. The molecule has 1 fully saturated rings. The van der Waals surface area contributed by atoms with Gasteiger partial charge < -0.3 is 10.6 Å². The Morgan fingerprint density at radius 1 is 1.30 bits per heavy atom. The van der Waals surface area contributed by atoms with Gasteiger partial charge in [-0.3, -0.25) is 0 Å². The molecule has 1 saturated heterocycles. The highest BCUT2D eigenvalue weighted by molar-refractivity contribution is 5.48. The van der Waals surface area contributed by atoms with E-state index in [1.54, 1.807) is 0 Å². The minimum Gasteiger partial charge on any atom is -0.384 e. The lowest BCUT2D eigenvalue weighted by Gasteiger charge is -2.37. The van der Waals surface area contributed by atoms with Crippen LogP contribution in [0.1, 0.15) is 65.6 Å². The zero-order valence-corrected chi connectivity index (χ0v) is 13.3. The third-order valence-corrected chi connectivity index (χ3v) is 3.95. The van der Waals surface area contributed by atoms with Crippen LogP contribution in [0.15, 0.2) is 6.07 Å². The van der Waals surface area contributed by atoms with Crippen LogP contribution in [0.4, 0.5) is 11.6 Å². The Kier molecular flexibility index (Phi) is 4.51. The van der Waals surface area contributed by atoms with Crippen LogP contribution in [-0.2, 0) is 5.41 Å². The Labute approximate surface area is 122 Å². The third-order valence-electron chi connectivity index (χ3n) is 3.95. The molecule has 0 aliphatic carbocycles. The highest BCUT2D eigenvalue weighted by atomic mass is 15.2. The van der Waals surface area contributed by atoms with Crippen LogP contribution >= 0.6 is 0 Å². The van der Waals surface area contributed by atoms with Crippen molar-refractivity contribution in [2.75, 3.05) is 17.2 Å². The molecule has 112 valence electrons. The average Bonchev–Trinajstić information content (AvgIpc) is 2.38. The lowest BCUT2D eigenvalue weighted by atomic mass is 9.95. The lowest BCUT2D eigenvalue weighted by Crippen LogP contribution is -2.40. The number of hydrogen-bond acceptors (Lipinski definition) is 4. The van der Waals surface area contributed by atoms with Crippen LogP contribution in [0.2, 0.25) is 0 Å². The minimum absolute atomic E-state index is 0.0693. The van der Waals surface area contributed by atoms with E-state index in [2.05, 4.69) is 37.6 Å². The first-order chi connectivity index (χ1) is 9.41. The largest absolute Gasteiger partial charge is 0.384 e. The predicted octanol–water partition coefficient (Wildman–Crippen LogP) is 3.52. The summed E-state index contributed by atoms with van der Waals surface area (Å²) in [6.07, 6.45) is 6.29. The van der Waals surface area contributed by atoms with Gasteiger partial charge >= 0.3 is 0 Å². The van der Waals surface area contributed by atoms with Crippen molar-refractivity contribution in [3.63, 3.8) is 0 Å². The third kappa shape index (κ3) is 3.41. The van der Waals surface area contributed by atoms with E-state index in [1.807, 2.05) is 6.07 Å². The van der Waals surface area contributed by atoms with Gasteiger partial charge in [-0.15, -0.1) is 0 Å². The number of hydrogen-bond donors (Lipinski definition) is 1. The first-order valence-electron chi connectivity index (χ1n) is 7.83. The van der Waals surface area contributed by atoms with Crippen molar-refractivity contribution in [3.05, 3.63) is 11.9 Å². The molecular formula is C16H28N4. The fourth-order valence-corrected chi connectivity index (χ4v) is 2.87. The van der Waals surface area contributed by atoms with Gasteiger partial charge in [0.2, 0.25) is 0 Å². The number of nitrogens with two attached hydrogens (primary N) is 1. The van der Waals surface area contributed by atoms with E-state index in [-0.39, 0.29) is 5.41 Å². The molecule has 1 aromatic rings. The standard InChI is InChI=1S/C16H28N4/c1-5-8-12-9-6-7-10-20(12)14-11-13(17)18-15(19-14)16(2,3)4/h11-12H,5-10H2,1-4H3,(H2,17,18,19). The van der Waals surface area contributed by atoms with Crippen molar-refractivity contribution < 1.29 is 0 Å². The van der Waals surface area contributed by atoms with E-state index in [0.29, 0.717) is 11.9 Å². The van der Waals surface area contributed by atoms with Gasteiger partial charge in [0.1, 0.15) is 17.5 Å². The number of aromatic nitrogens is 2. The quantitative estimate of drug-likeness (QED) is 0.917. The Bertz CT molecular complexity index is 448. The zero-order chi connectivity index (χ0) is 14.8. The molecule has 1 aromatic heterocycles. The molecule has 2 heterocycles. The number of piperidine rings is 1. The number of rotatable bonds is 3. The fraction of sp³-hybridized carbons (Fsp3) is 0.750. The van der Waals surface area contributed by atoms with Crippen LogP contribution < -0.4 is 10.6 Å². The SMILES string of the molecule is CCCC1CCCCN1c1cc(N)nc(C(C)(C)C)n1. The molecular weight excluding hydrogens is 248 g/mol. The summed E-state index contributed by atoms with van der Waals surface area (Å²) in [5.74, 6) is 2.44. The maximum absolute atomic E-state index is 6.00. The van der Waals surface area contributed by atoms with Crippen molar-refractivity contribution in [2.24, 2.45) is 0 Å². The first kappa shape index (κ1) is 15.1. The second-order valence-corrected chi connectivity index (χ2v) is 6.86. The molecule has 1 aliphatic heterocycles. The summed E-state index contributed by atoms with van der Waals surface area (Å²) in [5.41, 5.74) is 5.94. The summed E-state index contributed by atoms with van der Waals surface area (Å²) in [5, 5.41) is 0. The molecule has 0 bridgehead atoms. The molecule has 4 nitrogen and oxygen atoms in total. The van der Waals surface area contributed by atoms with E-state index in [9.17, 15) is 0 Å². The van der Waals surface area contributed by atoms with Gasteiger partial charge in [-0.05, 0) is 25.7 Å². The second kappa shape index (κ2) is 5.98. The zero-order valence-electron chi connectivity index (χ0n) is 13.3. The molecule has 4 heteroatoms. The number of nitrogen functional groups attached to an aromatic ring is 1. The highest BCUT2D eigenvalue weighted by Gasteiger charge is 2.25. The van der Waals surface area contributed by atoms with Gasteiger partial charge in [0.25, 0.3) is 0 Å². The van der Waals surface area contributed by atoms with Gasteiger partial charge in [0.15, 0.2) is 0 Å². The van der Waals surface area contributed by atoms with E-state index in [1.165, 1.54) is 32.1 Å². The summed E-state index contributed by atoms with van der Waals surface area (Å²) in [6.45, 7) is 9.73. The maximum Gasteiger partial charge on any atom is 0.138 e. The van der Waals surface area contributed by atoms with Gasteiger partial charge in [-0.25, -0.2) is 9.97 Å². The van der Waals surface area contributed by atoms with Crippen molar-refractivity contribution in [1.82, 2.24) is 9.97 Å². The summed E-state index contributed by atoms with van der Waals surface area (Å²) < 4.78 is 0. The van der Waals surface area contributed by atoms with Crippen LogP contribution in [0, 0.1) is 0 Å². The minimum atomic E-state index is -0.0693. The van der Waals surface area contributed by atoms with E-state index in [0.717, 1.165) is 18.2 Å². The maximum atomic E-state index is 6.00. The van der Waals surface area contributed by atoms with E-state index in [4.69, 9.17) is 10.7 Å². The van der Waals surface area contributed by atoms with E-state index < -0.39 is 0 Å². The smallest absolute Gasteiger partial charge is 0.138 e. The van der Waals surface area contributed by atoms with Gasteiger partial charge in [0.05, 0.1) is 0 Å². The Morgan fingerprint density at radius 2 is 2.05 bits per heavy atom. The highest BCUT2D eigenvalue weighted by Crippen LogP contribution is 2.29. The molecule has 0 amide bonds. The van der Waals surface area contributed by atoms with Crippen molar-refractivity contribution in [1.29, 1.82) is 0 Å². The van der Waals surface area contributed by atoms with Gasteiger partial charge in [0, 0.05) is 24.1 Å². The van der Waals surface area contributed by atoms with E-state index >= 15 is 0 Å². The van der Waals surface area contributed by atoms with Crippen molar-refractivity contribution in [3.8, 4) is 0 Å². The molecule has 1 unspecified atom stereocenters. The molecule has 0 spiro atoms. The van der Waals surface area contributed by atoms with Crippen LogP contribution in [0.25, 0.3) is 0 Å². The number of nitrogens with zero attached hydrogens (tertiary/aromatic N) is 3. The molecule has 1 atom stereocenters. The van der Waals surface area contributed by atoms with Gasteiger partial charge in [-0.2, -0.15) is 0 Å². The summed E-state index contributed by atoms with van der Waals surface area (Å²) in [4.78, 5) is 11.7. The summed E-state index contributed by atoms with van der Waals surface area (Å²) in [7, 11) is 0. The molecule has 2 N–H and O–H groups in total. The molecule has 20 heavy (non-hydrogen) atoms. The summed E-state index contributed by atoms with van der Waals surface area (Å²) in [6, 6.07) is 2.54. The molecule has 0 radical (unpaired) electrons. The van der Waals surface area contributed by atoms with Crippen molar-refractivity contribution >= 4 is 11.6 Å². The Morgan fingerprint density at radius 3 is 2.70 bits per heavy atom. The van der Waals surface area contributed by atoms with Crippen molar-refractivity contribution in [2.45, 2.75) is 71.3 Å². The lowest BCUT2D eigenvalue weighted by molar-refractivity contribution is 0.430. The van der Waals surface area contributed by atoms with Crippen LogP contribution in [-0.4, -0.2) is 22.6 Å². The molecule has 0 aromatic carbocycles. The fourth-order valence-electron chi connectivity index (χ4n) is 2.87. The average molecular weight is 276 g/mol. The summed E-state index contributed by atoms with van der Waals surface area (Å²) >= 11 is 0. The van der Waals surface area contributed by atoms with Gasteiger partial charge in [-0.1, -0.05) is 34.1 Å². The first-order valence-corrected chi connectivity index (χ1v) is 7.83. The predicted molar refractivity (Wildman–Crippen MR) is 85.0 cm³/mol. The molecule has 0 saturated carbocycles. The topological polar surface area (TPSA) is 55.0 Å². The van der Waals surface area contributed by atoms with Crippen LogP contribution in [0.5, 0.6) is 0 Å². The normalized spacial score (nSPS) is 20.2. The Balaban J connectivity index is 2.32. The monoisotopic (exact) mass is 276 g/mol. The second-order valence-electron chi connectivity index (χ2n) is 6.86. The number of anilines is 2. The Hall–Kier alpha value is -1.32. The van der Waals surface area contributed by atoms with Crippen LogP contribution in [0.3, 0.4) is 0 Å².